The molecule has 0 bridgehead atoms. The molecular weight excluding hydrogens is 216 g/mol. The third kappa shape index (κ3) is 2.74. The normalized spacial score (nSPS) is 16.1. The van der Waals surface area contributed by atoms with E-state index in [1.807, 2.05) is 17.0 Å². The summed E-state index contributed by atoms with van der Waals surface area (Å²) < 4.78 is 0. The van der Waals surface area contributed by atoms with Gasteiger partial charge in [-0.25, -0.2) is 0 Å². The number of piperazine rings is 1. The Balaban J connectivity index is 2.02. The number of nitrogens with two attached hydrogens (primary N) is 1. The summed E-state index contributed by atoms with van der Waals surface area (Å²) in [6, 6.07) is 4.01. The maximum Gasteiger partial charge on any atom is 0.219 e. The van der Waals surface area contributed by atoms with Crippen molar-refractivity contribution in [1.29, 1.82) is 0 Å². The van der Waals surface area contributed by atoms with Gasteiger partial charge < -0.3 is 15.5 Å². The molecule has 1 aromatic rings. The Morgan fingerprint density at radius 3 is 2.71 bits per heavy atom. The molecule has 5 heteroatoms. The highest BCUT2D eigenvalue weighted by Gasteiger charge is 2.18. The molecule has 5 nitrogen and oxygen atoms in total. The average Bonchev–Trinajstić information content (AvgIpc) is 2.39. The number of carbonyl (C=O) groups is 1. The average molecular weight is 234 g/mol. The predicted molar refractivity (Wildman–Crippen MR) is 66.6 cm³/mol. The van der Waals surface area contributed by atoms with Gasteiger partial charge in [0.15, 0.2) is 0 Å². The van der Waals surface area contributed by atoms with E-state index in [-0.39, 0.29) is 5.91 Å². The second-order valence-corrected chi connectivity index (χ2v) is 4.20. The van der Waals surface area contributed by atoms with Crippen molar-refractivity contribution in [2.45, 2.75) is 13.5 Å². The molecule has 0 aliphatic carbocycles. The number of pyridine rings is 1. The summed E-state index contributed by atoms with van der Waals surface area (Å²) in [5.41, 5.74) is 7.62. The van der Waals surface area contributed by atoms with E-state index < -0.39 is 0 Å². The van der Waals surface area contributed by atoms with Gasteiger partial charge in [0.2, 0.25) is 5.91 Å². The van der Waals surface area contributed by atoms with E-state index in [1.165, 1.54) is 0 Å². The molecule has 0 atom stereocenters. The lowest BCUT2D eigenvalue weighted by atomic mass is 10.2. The van der Waals surface area contributed by atoms with Crippen LogP contribution in [0.1, 0.15) is 12.6 Å². The van der Waals surface area contributed by atoms with Crippen LogP contribution in [0.25, 0.3) is 0 Å². The fourth-order valence-electron chi connectivity index (χ4n) is 2.05. The maximum absolute atomic E-state index is 11.2. The van der Waals surface area contributed by atoms with Crippen molar-refractivity contribution >= 4 is 11.6 Å². The monoisotopic (exact) mass is 234 g/mol. The Labute approximate surface area is 101 Å². The van der Waals surface area contributed by atoms with Crippen LogP contribution in [0, 0.1) is 0 Å². The largest absolute Gasteiger partial charge is 0.368 e. The molecule has 1 fully saturated rings. The zero-order chi connectivity index (χ0) is 12.3. The van der Waals surface area contributed by atoms with Crippen molar-refractivity contribution < 1.29 is 4.79 Å². The van der Waals surface area contributed by atoms with Crippen LogP contribution in [0.2, 0.25) is 0 Å². The van der Waals surface area contributed by atoms with Crippen molar-refractivity contribution in [2.24, 2.45) is 5.73 Å². The number of aromatic nitrogens is 1. The molecule has 17 heavy (non-hydrogen) atoms. The lowest BCUT2D eigenvalue weighted by Gasteiger charge is -2.35. The summed E-state index contributed by atoms with van der Waals surface area (Å²) in [6.45, 7) is 5.39. The number of amides is 1. The number of rotatable bonds is 2. The van der Waals surface area contributed by atoms with Gasteiger partial charge in [0, 0.05) is 51.5 Å². The molecule has 0 aromatic carbocycles. The molecule has 1 saturated heterocycles. The van der Waals surface area contributed by atoms with Crippen molar-refractivity contribution in [2.75, 3.05) is 31.1 Å². The Morgan fingerprint density at radius 1 is 1.41 bits per heavy atom. The lowest BCUT2D eigenvalue weighted by Crippen LogP contribution is -2.48. The summed E-state index contributed by atoms with van der Waals surface area (Å²) in [5, 5.41) is 0. The molecule has 2 heterocycles. The van der Waals surface area contributed by atoms with Crippen LogP contribution in [0.5, 0.6) is 0 Å². The number of carbonyl (C=O) groups excluding carboxylic acids is 1. The summed E-state index contributed by atoms with van der Waals surface area (Å²) in [5.74, 6) is 0.155. The van der Waals surface area contributed by atoms with E-state index >= 15 is 0 Å². The predicted octanol–water partition coefficient (Wildman–Crippen LogP) is 0.209. The molecule has 0 saturated carbocycles. The Bertz CT molecular complexity index is 399. The van der Waals surface area contributed by atoms with Gasteiger partial charge in [0.05, 0.1) is 5.69 Å². The van der Waals surface area contributed by atoms with E-state index in [0.717, 1.165) is 37.6 Å². The number of anilines is 1. The SMILES string of the molecule is CC(=O)N1CCN(c2ccnc(CN)c2)CC1. The highest BCUT2D eigenvalue weighted by Crippen LogP contribution is 2.16. The number of hydrogen-bond acceptors (Lipinski definition) is 4. The molecule has 92 valence electrons. The summed E-state index contributed by atoms with van der Waals surface area (Å²) in [4.78, 5) is 19.5. The second kappa shape index (κ2) is 5.14. The maximum atomic E-state index is 11.2. The molecule has 0 spiro atoms. The van der Waals surface area contributed by atoms with Gasteiger partial charge in [-0.15, -0.1) is 0 Å². The standard InChI is InChI=1S/C12H18N4O/c1-10(17)15-4-6-16(7-5-15)12-2-3-14-11(8-12)9-13/h2-3,8H,4-7,9,13H2,1H3. The quantitative estimate of drug-likeness (QED) is 0.794. The van der Waals surface area contributed by atoms with E-state index in [2.05, 4.69) is 9.88 Å². The van der Waals surface area contributed by atoms with Gasteiger partial charge in [-0.2, -0.15) is 0 Å². The van der Waals surface area contributed by atoms with E-state index in [4.69, 9.17) is 5.73 Å². The van der Waals surface area contributed by atoms with Crippen molar-refractivity contribution in [3.8, 4) is 0 Å². The third-order valence-electron chi connectivity index (χ3n) is 3.10. The van der Waals surface area contributed by atoms with Crippen LogP contribution in [0.3, 0.4) is 0 Å². The van der Waals surface area contributed by atoms with Gasteiger partial charge in [0.25, 0.3) is 0 Å². The highest BCUT2D eigenvalue weighted by molar-refractivity contribution is 5.73. The van der Waals surface area contributed by atoms with Crippen LogP contribution in [-0.2, 0) is 11.3 Å². The molecule has 0 unspecified atom stereocenters. The van der Waals surface area contributed by atoms with E-state index in [0.29, 0.717) is 6.54 Å². The minimum Gasteiger partial charge on any atom is -0.368 e. The summed E-state index contributed by atoms with van der Waals surface area (Å²) >= 11 is 0. The molecule has 1 aromatic heterocycles. The first-order valence-electron chi connectivity index (χ1n) is 5.86. The van der Waals surface area contributed by atoms with Crippen LogP contribution in [-0.4, -0.2) is 42.0 Å². The molecule has 2 rings (SSSR count). The molecule has 1 aliphatic rings. The Morgan fingerprint density at radius 2 is 2.12 bits per heavy atom. The zero-order valence-corrected chi connectivity index (χ0v) is 10.1. The van der Waals surface area contributed by atoms with E-state index in [1.54, 1.807) is 13.1 Å². The Kier molecular flexibility index (Phi) is 3.58. The molecule has 1 aliphatic heterocycles. The van der Waals surface area contributed by atoms with Gasteiger partial charge in [-0.05, 0) is 12.1 Å². The van der Waals surface area contributed by atoms with E-state index in [9.17, 15) is 4.79 Å². The van der Waals surface area contributed by atoms with Crippen LogP contribution in [0.15, 0.2) is 18.3 Å². The van der Waals surface area contributed by atoms with Crippen molar-refractivity contribution in [3.63, 3.8) is 0 Å². The third-order valence-corrected chi connectivity index (χ3v) is 3.10. The first kappa shape index (κ1) is 11.9. The highest BCUT2D eigenvalue weighted by atomic mass is 16.2. The van der Waals surface area contributed by atoms with Crippen LogP contribution in [0.4, 0.5) is 5.69 Å². The fraction of sp³-hybridized carbons (Fsp3) is 0.500. The first-order chi connectivity index (χ1) is 8.20. The molecule has 2 N–H and O–H groups in total. The fourth-order valence-corrected chi connectivity index (χ4v) is 2.05. The van der Waals surface area contributed by atoms with Crippen molar-refractivity contribution in [1.82, 2.24) is 9.88 Å². The molecule has 1 amide bonds. The first-order valence-corrected chi connectivity index (χ1v) is 5.86. The summed E-state index contributed by atoms with van der Waals surface area (Å²) in [6.07, 6.45) is 1.79. The smallest absolute Gasteiger partial charge is 0.219 e. The van der Waals surface area contributed by atoms with Gasteiger partial charge in [-0.3, -0.25) is 9.78 Å². The van der Waals surface area contributed by atoms with Gasteiger partial charge in [0.1, 0.15) is 0 Å². The Hall–Kier alpha value is -1.62. The zero-order valence-electron chi connectivity index (χ0n) is 10.1. The van der Waals surface area contributed by atoms with Crippen molar-refractivity contribution in [3.05, 3.63) is 24.0 Å². The minimum absolute atomic E-state index is 0.155. The van der Waals surface area contributed by atoms with Crippen LogP contribution >= 0.6 is 0 Å². The lowest BCUT2D eigenvalue weighted by molar-refractivity contribution is -0.129. The number of hydrogen-bond donors (Lipinski definition) is 1. The molecule has 0 radical (unpaired) electrons. The minimum atomic E-state index is 0.155. The van der Waals surface area contributed by atoms with Gasteiger partial charge >= 0.3 is 0 Å². The topological polar surface area (TPSA) is 62.5 Å². The summed E-state index contributed by atoms with van der Waals surface area (Å²) in [7, 11) is 0. The molecular formula is C12H18N4O. The van der Waals surface area contributed by atoms with Gasteiger partial charge in [-0.1, -0.05) is 0 Å². The number of nitrogens with zero attached hydrogens (tertiary/aromatic N) is 3. The van der Waals surface area contributed by atoms with Crippen LogP contribution < -0.4 is 10.6 Å². The second-order valence-electron chi connectivity index (χ2n) is 4.20.